The van der Waals surface area contributed by atoms with Crippen LogP contribution in [-0.2, 0) is 0 Å². The molecule has 0 unspecified atom stereocenters. The van der Waals surface area contributed by atoms with Crippen LogP contribution in [0.25, 0.3) is 0 Å². The molecule has 1 atom stereocenters. The molecule has 0 amide bonds. The van der Waals surface area contributed by atoms with E-state index >= 15 is 0 Å². The van der Waals surface area contributed by atoms with Gasteiger partial charge in [0.25, 0.3) is 0 Å². The first kappa shape index (κ1) is 19.2. The van der Waals surface area contributed by atoms with Gasteiger partial charge in [-0.3, -0.25) is 0 Å². The van der Waals surface area contributed by atoms with E-state index in [1.165, 1.54) is 25.7 Å². The monoisotopic (exact) mass is 282 g/mol. The van der Waals surface area contributed by atoms with Crippen LogP contribution in [0.1, 0.15) is 39.5 Å². The molecule has 0 aromatic heterocycles. The number of rotatable bonds is 4. The molecule has 1 saturated carbocycles. The quantitative estimate of drug-likeness (QED) is 0.776. The molecule has 1 rings (SSSR count). The Balaban J connectivity index is 0. The van der Waals surface area contributed by atoms with Crippen LogP contribution < -0.4 is 0 Å². The lowest BCUT2D eigenvalue weighted by molar-refractivity contribution is 0.127. The average molecular weight is 283 g/mol. The molecule has 1 nitrogen and oxygen atoms in total. The molecule has 100 valence electrons. The van der Waals surface area contributed by atoms with Crippen molar-refractivity contribution in [2.24, 2.45) is 5.92 Å². The Morgan fingerprint density at radius 1 is 1.12 bits per heavy atom. The molecule has 16 heavy (non-hydrogen) atoms. The number of hydrogen-bond acceptors (Lipinski definition) is 1. The van der Waals surface area contributed by atoms with Crippen LogP contribution in [0, 0.1) is 5.92 Å². The molecule has 1 aliphatic carbocycles. The molecule has 0 bridgehead atoms. The fourth-order valence-electron chi connectivity index (χ4n) is 2.28. The molecule has 1 fully saturated rings. The summed E-state index contributed by atoms with van der Waals surface area (Å²) in [7, 11) is -1.16. The van der Waals surface area contributed by atoms with E-state index < -0.39 is 8.07 Å². The van der Waals surface area contributed by atoms with Crippen molar-refractivity contribution in [2.75, 3.05) is 0 Å². The van der Waals surface area contributed by atoms with E-state index in [0.29, 0.717) is 5.92 Å². The Hall–Kier alpha value is 0.877. The van der Waals surface area contributed by atoms with Gasteiger partial charge in [0.1, 0.15) is 0 Å². The topological polar surface area (TPSA) is 20.2 Å². The van der Waals surface area contributed by atoms with Gasteiger partial charge in [-0.05, 0) is 24.8 Å². The smallest absolute Gasteiger partial charge is 0.0545 e. The van der Waals surface area contributed by atoms with Crippen molar-refractivity contribution < 1.29 is 5.11 Å². The van der Waals surface area contributed by atoms with Crippen molar-refractivity contribution in [3.05, 3.63) is 0 Å². The number of aliphatic hydroxyl groups excluding tert-OH is 1. The molecule has 1 aliphatic rings. The molecule has 0 spiro atoms. The maximum absolute atomic E-state index is 10.2. The van der Waals surface area contributed by atoms with E-state index in [0.717, 1.165) is 11.6 Å². The average Bonchev–Trinajstić information content (AvgIpc) is 2.54. The predicted molar refractivity (Wildman–Crippen MR) is 86.1 cm³/mol. The third kappa shape index (κ3) is 5.47. The van der Waals surface area contributed by atoms with Crippen molar-refractivity contribution in [3.63, 3.8) is 0 Å². The van der Waals surface area contributed by atoms with Crippen LogP contribution in [0.5, 0.6) is 0 Å². The van der Waals surface area contributed by atoms with Gasteiger partial charge in [-0.1, -0.05) is 45.3 Å². The van der Waals surface area contributed by atoms with Gasteiger partial charge in [0, 0.05) is 0 Å². The highest BCUT2D eigenvalue weighted by atomic mass is 32.1. The second kappa shape index (κ2) is 8.06. The zero-order valence-electron chi connectivity index (χ0n) is 11.2. The van der Waals surface area contributed by atoms with Crippen molar-refractivity contribution in [2.45, 2.75) is 70.3 Å². The van der Waals surface area contributed by atoms with Crippen molar-refractivity contribution in [3.8, 4) is 0 Å². The van der Waals surface area contributed by atoms with Crippen molar-refractivity contribution in [1.29, 1.82) is 0 Å². The van der Waals surface area contributed by atoms with E-state index in [4.69, 9.17) is 0 Å². The molecule has 0 aromatic rings. The zero-order valence-corrected chi connectivity index (χ0v) is 14.2. The van der Waals surface area contributed by atoms with Gasteiger partial charge in [0.2, 0.25) is 0 Å². The Bertz CT molecular complexity index is 180. The summed E-state index contributed by atoms with van der Waals surface area (Å²) in [5, 5.41) is 10.2. The maximum atomic E-state index is 10.2. The third-order valence-electron chi connectivity index (χ3n) is 4.24. The van der Waals surface area contributed by atoms with Crippen molar-refractivity contribution >= 4 is 35.1 Å². The summed E-state index contributed by atoms with van der Waals surface area (Å²) in [5.74, 6) is 0.625. The maximum Gasteiger partial charge on any atom is 0.0545 e. The number of aliphatic hydroxyl groups is 1. The van der Waals surface area contributed by atoms with Gasteiger partial charge in [-0.15, -0.1) is 0 Å². The summed E-state index contributed by atoms with van der Waals surface area (Å²) in [6, 6.07) is 1.11. The molecule has 0 aromatic carbocycles. The van der Waals surface area contributed by atoms with E-state index in [-0.39, 0.29) is 33.1 Å². The normalized spacial score (nSPS) is 19.1. The van der Waals surface area contributed by atoms with Gasteiger partial charge >= 0.3 is 0 Å². The highest BCUT2D eigenvalue weighted by Crippen LogP contribution is 2.34. The minimum Gasteiger partial charge on any atom is -0.393 e. The van der Waals surface area contributed by atoms with Gasteiger partial charge in [0.15, 0.2) is 0 Å². The first-order chi connectivity index (χ1) is 6.43. The highest BCUT2D eigenvalue weighted by molar-refractivity contribution is 7.59. The minimum absolute atomic E-state index is 0. The Morgan fingerprint density at radius 2 is 1.56 bits per heavy atom. The molecule has 0 heterocycles. The van der Waals surface area contributed by atoms with Crippen molar-refractivity contribution in [1.82, 2.24) is 0 Å². The molecule has 0 radical (unpaired) electrons. The zero-order chi connectivity index (χ0) is 10.8. The fraction of sp³-hybridized carbons (Fsp3) is 1.00. The largest absolute Gasteiger partial charge is 0.393 e. The second-order valence-electron chi connectivity index (χ2n) is 5.96. The van der Waals surface area contributed by atoms with E-state index in [9.17, 15) is 5.11 Å². The minimum atomic E-state index is -1.16. The standard InChI is InChI=1S/C12H26OSi.2H2S/c1-10(2)14(3,4)9-12(13)11-7-5-6-8-11;;/h10-13H,5-9H2,1-4H3;2*1H2/t12-;;/m1../s1. The van der Waals surface area contributed by atoms with E-state index in [1.54, 1.807) is 0 Å². The molecule has 0 saturated heterocycles. The van der Waals surface area contributed by atoms with Crippen LogP contribution >= 0.6 is 27.0 Å². The summed E-state index contributed by atoms with van der Waals surface area (Å²) >= 11 is 0. The SMILES string of the molecule is CC(C)[Si](C)(C)C[C@@H](O)C1CCCC1.S.S. The summed E-state index contributed by atoms with van der Waals surface area (Å²) < 4.78 is 0. The summed E-state index contributed by atoms with van der Waals surface area (Å²) in [6.45, 7) is 9.45. The molecule has 4 heteroatoms. The Morgan fingerprint density at radius 3 is 1.94 bits per heavy atom. The number of hydrogen-bond donors (Lipinski definition) is 1. The summed E-state index contributed by atoms with van der Waals surface area (Å²) in [4.78, 5) is 0. The van der Waals surface area contributed by atoms with Gasteiger partial charge in [-0.25, -0.2) is 0 Å². The fourth-order valence-corrected chi connectivity index (χ4v) is 4.17. The Kier molecular flexibility index (Phi) is 9.69. The predicted octanol–water partition coefficient (Wildman–Crippen LogP) is 3.88. The summed E-state index contributed by atoms with van der Waals surface area (Å²) in [6.07, 6.45) is 5.21. The lowest BCUT2D eigenvalue weighted by Crippen LogP contribution is -2.36. The van der Waals surface area contributed by atoms with Gasteiger partial charge < -0.3 is 5.11 Å². The van der Waals surface area contributed by atoms with E-state index in [1.807, 2.05) is 0 Å². The molecular weight excluding hydrogens is 252 g/mol. The van der Waals surface area contributed by atoms with Crippen LogP contribution in [0.15, 0.2) is 0 Å². The molecular formula is C12H30OS2Si. The summed E-state index contributed by atoms with van der Waals surface area (Å²) in [5.41, 5.74) is 0.790. The van der Waals surface area contributed by atoms with Crippen LogP contribution in [0.3, 0.4) is 0 Å². The van der Waals surface area contributed by atoms with Gasteiger partial charge in [0.05, 0.1) is 14.2 Å². The van der Waals surface area contributed by atoms with Crippen LogP contribution in [-0.4, -0.2) is 19.3 Å². The van der Waals surface area contributed by atoms with Gasteiger partial charge in [-0.2, -0.15) is 27.0 Å². The van der Waals surface area contributed by atoms with E-state index in [2.05, 4.69) is 26.9 Å². The first-order valence-electron chi connectivity index (χ1n) is 6.11. The molecule has 0 aliphatic heterocycles. The lowest BCUT2D eigenvalue weighted by Gasteiger charge is -2.31. The third-order valence-corrected chi connectivity index (χ3v) is 8.84. The van der Waals surface area contributed by atoms with Crippen LogP contribution in [0.4, 0.5) is 0 Å². The van der Waals surface area contributed by atoms with Crippen LogP contribution in [0.2, 0.25) is 24.7 Å². The Labute approximate surface area is 116 Å². The first-order valence-corrected chi connectivity index (χ1v) is 9.40. The highest BCUT2D eigenvalue weighted by Gasteiger charge is 2.32. The molecule has 1 N–H and O–H groups in total. The lowest BCUT2D eigenvalue weighted by atomic mass is 10.0. The second-order valence-corrected chi connectivity index (χ2v) is 11.5.